The number of halogens is 1. The van der Waals surface area contributed by atoms with Crippen molar-refractivity contribution in [3.63, 3.8) is 0 Å². The highest BCUT2D eigenvalue weighted by atomic mass is 32.1. The molecule has 0 radical (unpaired) electrons. The Morgan fingerprint density at radius 3 is 2.85 bits per heavy atom. The first-order valence-corrected chi connectivity index (χ1v) is 4.52. The summed E-state index contributed by atoms with van der Waals surface area (Å²) < 4.78 is 12.6. The number of hydrogen-bond acceptors (Lipinski definition) is 2. The Labute approximate surface area is 82.6 Å². The fourth-order valence-electron chi connectivity index (χ4n) is 0.861. The highest BCUT2D eigenvalue weighted by Gasteiger charge is 1.96. The molecule has 2 N–H and O–H groups in total. The topological polar surface area (TPSA) is 26.0 Å². The van der Waals surface area contributed by atoms with Crippen molar-refractivity contribution in [1.82, 2.24) is 0 Å². The van der Waals surface area contributed by atoms with E-state index in [-0.39, 0.29) is 5.82 Å². The first-order chi connectivity index (χ1) is 6.24. The van der Waals surface area contributed by atoms with Crippen LogP contribution in [0.25, 0.3) is 0 Å². The molecule has 0 spiro atoms. The lowest BCUT2D eigenvalue weighted by molar-refractivity contribution is 0.628. The highest BCUT2D eigenvalue weighted by Crippen LogP contribution is 2.11. The van der Waals surface area contributed by atoms with E-state index in [9.17, 15) is 4.39 Å². The molecule has 0 amide bonds. The molecule has 1 nitrogen and oxygen atoms in total. The fraction of sp³-hybridized carbons (Fsp3) is 0.200. The molecule has 0 fully saturated rings. The monoisotopic (exact) mass is 195 g/mol. The maximum atomic E-state index is 12.6. The van der Waals surface area contributed by atoms with Gasteiger partial charge in [0.1, 0.15) is 5.82 Å². The predicted molar refractivity (Wildman–Crippen MR) is 56.2 cm³/mol. The van der Waals surface area contributed by atoms with Gasteiger partial charge in [-0.2, -0.15) is 12.6 Å². The second kappa shape index (κ2) is 4.78. The summed E-state index contributed by atoms with van der Waals surface area (Å²) in [5.41, 5.74) is 6.59. The van der Waals surface area contributed by atoms with Gasteiger partial charge in [-0.25, -0.2) is 4.39 Å². The van der Waals surface area contributed by atoms with Crippen molar-refractivity contribution < 1.29 is 4.39 Å². The van der Waals surface area contributed by atoms with Crippen LogP contribution in [-0.2, 0) is 0 Å². The van der Waals surface area contributed by atoms with Gasteiger partial charge in [0.2, 0.25) is 0 Å². The summed E-state index contributed by atoms with van der Waals surface area (Å²) in [5.74, 6) is 6.11. The lowest BCUT2D eigenvalue weighted by Gasteiger charge is -1.96. The zero-order valence-electron chi connectivity index (χ0n) is 7.05. The zero-order chi connectivity index (χ0) is 9.68. The van der Waals surface area contributed by atoms with E-state index in [0.717, 1.165) is 0 Å². The normalized spacial score (nSPS) is 9.08. The van der Waals surface area contributed by atoms with Crippen LogP contribution in [0.15, 0.2) is 18.2 Å². The molecule has 1 aromatic rings. The minimum Gasteiger partial charge on any atom is -0.398 e. The van der Waals surface area contributed by atoms with Crippen molar-refractivity contribution in [3.8, 4) is 11.8 Å². The first-order valence-electron chi connectivity index (χ1n) is 3.89. The average molecular weight is 195 g/mol. The molecule has 0 saturated heterocycles. The van der Waals surface area contributed by atoms with Crippen molar-refractivity contribution in [1.29, 1.82) is 0 Å². The van der Waals surface area contributed by atoms with E-state index in [4.69, 9.17) is 5.73 Å². The lowest BCUT2D eigenvalue weighted by Crippen LogP contribution is -1.90. The summed E-state index contributed by atoms with van der Waals surface area (Å²) in [6, 6.07) is 4.20. The van der Waals surface area contributed by atoms with Crippen molar-refractivity contribution >= 4 is 18.3 Å². The van der Waals surface area contributed by atoms with Crippen LogP contribution in [0.4, 0.5) is 10.1 Å². The van der Waals surface area contributed by atoms with Gasteiger partial charge < -0.3 is 5.73 Å². The Kier molecular flexibility index (Phi) is 3.66. The molecule has 0 aliphatic heterocycles. The van der Waals surface area contributed by atoms with Gasteiger partial charge in [0, 0.05) is 17.7 Å². The summed E-state index contributed by atoms with van der Waals surface area (Å²) in [6.45, 7) is 0. The number of rotatable bonds is 1. The molecule has 0 unspecified atom stereocenters. The third kappa shape index (κ3) is 3.00. The van der Waals surface area contributed by atoms with Gasteiger partial charge in [-0.3, -0.25) is 0 Å². The zero-order valence-corrected chi connectivity index (χ0v) is 7.94. The third-order valence-corrected chi connectivity index (χ3v) is 1.70. The molecule has 0 atom stereocenters. The Hall–Kier alpha value is -1.14. The summed E-state index contributed by atoms with van der Waals surface area (Å²) in [6.07, 6.45) is 0.708. The second-order valence-electron chi connectivity index (χ2n) is 2.51. The van der Waals surface area contributed by atoms with Gasteiger partial charge in [0.15, 0.2) is 0 Å². The van der Waals surface area contributed by atoms with Crippen LogP contribution in [0.2, 0.25) is 0 Å². The van der Waals surface area contributed by atoms with Crippen LogP contribution in [-0.4, -0.2) is 5.75 Å². The molecule has 0 heterocycles. The van der Waals surface area contributed by atoms with E-state index in [1.807, 2.05) is 0 Å². The molecule has 0 saturated carbocycles. The SMILES string of the molecule is Nc1cc(F)ccc1C#CCCS. The van der Waals surface area contributed by atoms with Crippen molar-refractivity contribution in [2.24, 2.45) is 0 Å². The van der Waals surface area contributed by atoms with Crippen LogP contribution in [0.5, 0.6) is 0 Å². The van der Waals surface area contributed by atoms with Crippen LogP contribution in [0.3, 0.4) is 0 Å². The van der Waals surface area contributed by atoms with Gasteiger partial charge in [0.05, 0.1) is 5.69 Å². The third-order valence-electron chi connectivity index (χ3n) is 1.47. The highest BCUT2D eigenvalue weighted by molar-refractivity contribution is 7.80. The number of benzene rings is 1. The van der Waals surface area contributed by atoms with E-state index in [0.29, 0.717) is 23.4 Å². The Morgan fingerprint density at radius 2 is 2.23 bits per heavy atom. The maximum absolute atomic E-state index is 12.6. The summed E-state index contributed by atoms with van der Waals surface area (Å²) in [5, 5.41) is 0. The molecule has 0 aliphatic rings. The Balaban J connectivity index is 2.85. The van der Waals surface area contributed by atoms with E-state index in [1.165, 1.54) is 12.1 Å². The predicted octanol–water partition coefficient (Wildman–Crippen LogP) is 2.08. The number of nitrogen functional groups attached to an aromatic ring is 1. The van der Waals surface area contributed by atoms with Crippen LogP contribution >= 0.6 is 12.6 Å². The van der Waals surface area contributed by atoms with Crippen LogP contribution in [0, 0.1) is 17.7 Å². The molecular formula is C10H10FNS. The number of thiol groups is 1. The molecule has 1 rings (SSSR count). The number of anilines is 1. The fourth-order valence-corrected chi connectivity index (χ4v) is 0.973. The van der Waals surface area contributed by atoms with Gasteiger partial charge in [0.25, 0.3) is 0 Å². The Morgan fingerprint density at radius 1 is 1.46 bits per heavy atom. The summed E-state index contributed by atoms with van der Waals surface area (Å²) in [7, 11) is 0. The largest absolute Gasteiger partial charge is 0.398 e. The average Bonchev–Trinajstić information content (AvgIpc) is 2.09. The smallest absolute Gasteiger partial charge is 0.125 e. The first kappa shape index (κ1) is 9.94. The Bertz CT molecular complexity index is 352. The molecule has 68 valence electrons. The van der Waals surface area contributed by atoms with Gasteiger partial charge >= 0.3 is 0 Å². The minimum atomic E-state index is -0.336. The van der Waals surface area contributed by atoms with Crippen molar-refractivity contribution in [2.45, 2.75) is 6.42 Å². The second-order valence-corrected chi connectivity index (χ2v) is 2.95. The summed E-state index contributed by atoms with van der Waals surface area (Å²) >= 11 is 4.02. The lowest BCUT2D eigenvalue weighted by atomic mass is 10.2. The number of nitrogens with two attached hydrogens (primary N) is 1. The van der Waals surface area contributed by atoms with Gasteiger partial charge in [-0.15, -0.1) is 0 Å². The molecule has 1 aromatic carbocycles. The molecule has 0 bridgehead atoms. The molecule has 3 heteroatoms. The molecule has 0 aromatic heterocycles. The molecular weight excluding hydrogens is 185 g/mol. The van der Waals surface area contributed by atoms with Crippen molar-refractivity contribution in [2.75, 3.05) is 11.5 Å². The van der Waals surface area contributed by atoms with Gasteiger partial charge in [-0.05, 0) is 18.2 Å². The number of hydrogen-bond donors (Lipinski definition) is 2. The standard InChI is InChI=1S/C10H10FNS/c11-9-5-4-8(10(12)7-9)3-1-2-6-13/h4-5,7,13H,2,6,12H2. The minimum absolute atomic E-state index is 0.336. The van der Waals surface area contributed by atoms with E-state index in [2.05, 4.69) is 24.5 Å². The van der Waals surface area contributed by atoms with E-state index < -0.39 is 0 Å². The van der Waals surface area contributed by atoms with Gasteiger partial charge in [-0.1, -0.05) is 11.8 Å². The van der Waals surface area contributed by atoms with Crippen LogP contribution in [0.1, 0.15) is 12.0 Å². The van der Waals surface area contributed by atoms with Crippen LogP contribution < -0.4 is 5.73 Å². The van der Waals surface area contributed by atoms with Crippen molar-refractivity contribution in [3.05, 3.63) is 29.6 Å². The van der Waals surface area contributed by atoms with E-state index in [1.54, 1.807) is 6.07 Å². The molecule has 0 aliphatic carbocycles. The molecule has 13 heavy (non-hydrogen) atoms. The summed E-state index contributed by atoms with van der Waals surface area (Å²) in [4.78, 5) is 0. The van der Waals surface area contributed by atoms with E-state index >= 15 is 0 Å². The maximum Gasteiger partial charge on any atom is 0.125 e. The quantitative estimate of drug-likeness (QED) is 0.400.